The monoisotopic (exact) mass is 269 g/mol. The number of methoxy groups -OCH3 is 1. The highest BCUT2D eigenvalue weighted by Crippen LogP contribution is 2.33. The average Bonchev–Trinajstić information content (AvgIpc) is 2.32. The number of rotatable bonds is 6. The summed E-state index contributed by atoms with van der Waals surface area (Å²) in [7, 11) is 1.76. The van der Waals surface area contributed by atoms with Gasteiger partial charge in [-0.05, 0) is 37.5 Å². The molecule has 4 heteroatoms. The number of hydrogen-bond acceptors (Lipinski definition) is 3. The second-order valence-electron chi connectivity index (χ2n) is 4.66. The Hall–Kier alpha value is -0.930. The lowest BCUT2D eigenvalue weighted by Crippen LogP contribution is -2.40. The maximum Gasteiger partial charge on any atom is 0.142 e. The molecule has 100 valence electrons. The summed E-state index contributed by atoms with van der Waals surface area (Å²) >= 11 is 6.03. The van der Waals surface area contributed by atoms with Gasteiger partial charge in [-0.1, -0.05) is 18.5 Å². The molecule has 0 spiro atoms. The molecule has 18 heavy (non-hydrogen) atoms. The number of nitrogens with one attached hydrogen (secondary N) is 1. The quantitative estimate of drug-likeness (QED) is 0.854. The smallest absolute Gasteiger partial charge is 0.142 e. The zero-order valence-corrected chi connectivity index (χ0v) is 11.7. The van der Waals surface area contributed by atoms with Crippen LogP contribution in [0.15, 0.2) is 18.2 Å². The van der Waals surface area contributed by atoms with Gasteiger partial charge in [0, 0.05) is 18.2 Å². The Morgan fingerprint density at radius 2 is 2.17 bits per heavy atom. The Morgan fingerprint density at radius 1 is 1.39 bits per heavy atom. The maximum atomic E-state index is 6.03. The van der Waals surface area contributed by atoms with Crippen LogP contribution in [0.2, 0.25) is 5.02 Å². The molecule has 0 aromatic heterocycles. The van der Waals surface area contributed by atoms with E-state index in [-0.39, 0.29) is 0 Å². The van der Waals surface area contributed by atoms with Crippen molar-refractivity contribution in [3.05, 3.63) is 23.2 Å². The van der Waals surface area contributed by atoms with Crippen LogP contribution in [0.25, 0.3) is 0 Å². The number of benzene rings is 1. The molecular formula is C14H20ClNO2. The molecule has 1 aromatic carbocycles. The van der Waals surface area contributed by atoms with E-state index >= 15 is 0 Å². The van der Waals surface area contributed by atoms with Gasteiger partial charge in [0.2, 0.25) is 0 Å². The molecule has 0 saturated heterocycles. The minimum Gasteiger partial charge on any atom is -0.491 e. The van der Waals surface area contributed by atoms with E-state index < -0.39 is 0 Å². The third-order valence-electron chi connectivity index (χ3n) is 3.19. The predicted molar refractivity (Wildman–Crippen MR) is 74.7 cm³/mol. The minimum absolute atomic E-state index is 0.390. The summed E-state index contributed by atoms with van der Waals surface area (Å²) in [6.45, 7) is 2.82. The van der Waals surface area contributed by atoms with Gasteiger partial charge in [0.05, 0.1) is 18.4 Å². The fourth-order valence-electron chi connectivity index (χ4n) is 2.05. The molecule has 2 rings (SSSR count). The lowest BCUT2D eigenvalue weighted by Gasteiger charge is -2.35. The van der Waals surface area contributed by atoms with Crippen molar-refractivity contribution in [1.29, 1.82) is 0 Å². The Bertz CT molecular complexity index is 391. The highest BCUT2D eigenvalue weighted by Gasteiger charge is 2.29. The van der Waals surface area contributed by atoms with Crippen LogP contribution in [-0.4, -0.2) is 25.9 Å². The molecule has 0 amide bonds. The van der Waals surface area contributed by atoms with Crippen LogP contribution in [0, 0.1) is 0 Å². The van der Waals surface area contributed by atoms with Gasteiger partial charge in [-0.2, -0.15) is 0 Å². The van der Waals surface area contributed by atoms with Crippen molar-refractivity contribution in [2.24, 2.45) is 0 Å². The zero-order valence-electron chi connectivity index (χ0n) is 10.9. The van der Waals surface area contributed by atoms with E-state index in [9.17, 15) is 0 Å². The lowest BCUT2D eigenvalue weighted by atomic mass is 9.89. The molecule has 0 aliphatic heterocycles. The van der Waals surface area contributed by atoms with E-state index in [1.54, 1.807) is 7.11 Å². The van der Waals surface area contributed by atoms with Crippen molar-refractivity contribution in [1.82, 2.24) is 0 Å². The molecule has 1 aliphatic carbocycles. The van der Waals surface area contributed by atoms with Crippen LogP contribution in [0.3, 0.4) is 0 Å². The molecule has 0 bridgehead atoms. The lowest BCUT2D eigenvalue weighted by molar-refractivity contribution is 0.0328. The molecule has 1 aliphatic rings. The SMILES string of the molecule is CCCOc1ccc(Cl)cc1NC1CC(OC)C1. The van der Waals surface area contributed by atoms with E-state index in [4.69, 9.17) is 21.1 Å². The predicted octanol–water partition coefficient (Wildman–Crippen LogP) is 3.72. The molecule has 0 radical (unpaired) electrons. The van der Waals surface area contributed by atoms with Gasteiger partial charge in [0.25, 0.3) is 0 Å². The first-order valence-corrected chi connectivity index (χ1v) is 6.82. The first-order valence-electron chi connectivity index (χ1n) is 6.44. The van der Waals surface area contributed by atoms with Gasteiger partial charge in [0.15, 0.2) is 0 Å². The summed E-state index contributed by atoms with van der Waals surface area (Å²) in [6.07, 6.45) is 3.46. The largest absolute Gasteiger partial charge is 0.491 e. The normalized spacial score (nSPS) is 22.4. The van der Waals surface area contributed by atoms with Crippen molar-refractivity contribution < 1.29 is 9.47 Å². The fraction of sp³-hybridized carbons (Fsp3) is 0.571. The molecule has 0 atom stereocenters. The topological polar surface area (TPSA) is 30.5 Å². The van der Waals surface area contributed by atoms with Crippen molar-refractivity contribution in [2.75, 3.05) is 19.0 Å². The van der Waals surface area contributed by atoms with Gasteiger partial charge < -0.3 is 14.8 Å². The molecular weight excluding hydrogens is 250 g/mol. The van der Waals surface area contributed by atoms with E-state index in [2.05, 4.69) is 12.2 Å². The third kappa shape index (κ3) is 3.30. The van der Waals surface area contributed by atoms with E-state index in [1.165, 1.54) is 0 Å². The van der Waals surface area contributed by atoms with Crippen LogP contribution in [0.1, 0.15) is 26.2 Å². The van der Waals surface area contributed by atoms with Crippen LogP contribution < -0.4 is 10.1 Å². The summed E-state index contributed by atoms with van der Waals surface area (Å²) in [4.78, 5) is 0. The van der Waals surface area contributed by atoms with Crippen LogP contribution in [0.4, 0.5) is 5.69 Å². The van der Waals surface area contributed by atoms with Crippen LogP contribution >= 0.6 is 11.6 Å². The third-order valence-corrected chi connectivity index (χ3v) is 3.43. The van der Waals surface area contributed by atoms with Crippen molar-refractivity contribution in [3.8, 4) is 5.75 Å². The summed E-state index contributed by atoms with van der Waals surface area (Å²) < 4.78 is 11.0. The molecule has 3 nitrogen and oxygen atoms in total. The second kappa shape index (κ2) is 6.30. The van der Waals surface area contributed by atoms with Crippen molar-refractivity contribution in [2.45, 2.75) is 38.3 Å². The van der Waals surface area contributed by atoms with Crippen LogP contribution in [0.5, 0.6) is 5.75 Å². The van der Waals surface area contributed by atoms with Gasteiger partial charge in [-0.15, -0.1) is 0 Å². The Kier molecular flexibility index (Phi) is 4.72. The molecule has 0 heterocycles. The van der Waals surface area contributed by atoms with Gasteiger partial charge >= 0.3 is 0 Å². The zero-order chi connectivity index (χ0) is 13.0. The Balaban J connectivity index is 1.99. The first kappa shape index (κ1) is 13.5. The molecule has 1 N–H and O–H groups in total. The number of anilines is 1. The summed E-state index contributed by atoms with van der Waals surface area (Å²) in [5, 5.41) is 4.20. The van der Waals surface area contributed by atoms with Crippen LogP contribution in [-0.2, 0) is 4.74 Å². The summed E-state index contributed by atoms with van der Waals surface area (Å²) in [5.74, 6) is 0.877. The van der Waals surface area contributed by atoms with E-state index in [0.29, 0.717) is 12.1 Å². The van der Waals surface area contributed by atoms with Gasteiger partial charge in [-0.3, -0.25) is 0 Å². The fourth-order valence-corrected chi connectivity index (χ4v) is 2.22. The molecule has 1 saturated carbocycles. The number of halogens is 1. The Morgan fingerprint density at radius 3 is 2.83 bits per heavy atom. The average molecular weight is 270 g/mol. The highest BCUT2D eigenvalue weighted by molar-refractivity contribution is 6.30. The van der Waals surface area contributed by atoms with E-state index in [1.807, 2.05) is 18.2 Å². The molecule has 1 aromatic rings. The van der Waals surface area contributed by atoms with Crippen molar-refractivity contribution >= 4 is 17.3 Å². The number of hydrogen-bond donors (Lipinski definition) is 1. The van der Waals surface area contributed by atoms with Gasteiger partial charge in [0.1, 0.15) is 5.75 Å². The number of ether oxygens (including phenoxy) is 2. The van der Waals surface area contributed by atoms with Gasteiger partial charge in [-0.25, -0.2) is 0 Å². The highest BCUT2D eigenvalue weighted by atomic mass is 35.5. The summed E-state index contributed by atoms with van der Waals surface area (Å²) in [6, 6.07) is 6.16. The maximum absolute atomic E-state index is 6.03. The minimum atomic E-state index is 0.390. The Labute approximate surface area is 113 Å². The van der Waals surface area contributed by atoms with E-state index in [0.717, 1.165) is 42.3 Å². The molecule has 1 fully saturated rings. The summed E-state index contributed by atoms with van der Waals surface area (Å²) in [5.41, 5.74) is 0.982. The standard InChI is InChI=1S/C14H20ClNO2/c1-3-6-18-14-5-4-10(15)7-13(14)16-11-8-12(9-11)17-2/h4-5,7,11-12,16H,3,6,8-9H2,1-2H3. The molecule has 0 unspecified atom stereocenters. The van der Waals surface area contributed by atoms with Crippen molar-refractivity contribution in [3.63, 3.8) is 0 Å². The first-order chi connectivity index (χ1) is 8.72. The second-order valence-corrected chi connectivity index (χ2v) is 5.10.